The minimum atomic E-state index is -3.73. The molecule has 1 aliphatic heterocycles. The second kappa shape index (κ2) is 5.39. The Labute approximate surface area is 109 Å². The molecule has 0 aromatic rings. The van der Waals surface area contributed by atoms with Crippen LogP contribution in [0.25, 0.3) is 0 Å². The Morgan fingerprint density at radius 3 is 1.72 bits per heavy atom. The smallest absolute Gasteiger partial charge is 0.216 e. The fraction of sp³-hybridized carbons (Fsp3) is 1.00. The molecule has 8 nitrogen and oxygen atoms in total. The van der Waals surface area contributed by atoms with Crippen molar-refractivity contribution in [2.24, 2.45) is 5.14 Å². The van der Waals surface area contributed by atoms with Gasteiger partial charge in [0.25, 0.3) is 20.4 Å². The molecule has 1 aliphatic rings. The maximum Gasteiger partial charge on any atom is 0.282 e. The Morgan fingerprint density at radius 2 is 1.39 bits per heavy atom. The van der Waals surface area contributed by atoms with E-state index in [1.807, 2.05) is 0 Å². The Bertz CT molecular complexity index is 479. The zero-order valence-corrected chi connectivity index (χ0v) is 12.4. The maximum atomic E-state index is 12.1. The SMILES string of the molecule is CC(C)N(C)S(=O)(=O)N1CCN(S(N)(=O)=O)CC1. The van der Waals surface area contributed by atoms with Crippen LogP contribution in [0, 0.1) is 0 Å². The molecule has 0 aromatic heterocycles. The summed E-state index contributed by atoms with van der Waals surface area (Å²) in [5.41, 5.74) is 0. The third-order valence-electron chi connectivity index (χ3n) is 2.97. The molecule has 0 amide bonds. The van der Waals surface area contributed by atoms with E-state index in [1.54, 1.807) is 13.8 Å². The highest BCUT2D eigenvalue weighted by molar-refractivity contribution is 7.87. The Balaban J connectivity index is 2.75. The summed E-state index contributed by atoms with van der Waals surface area (Å²) in [6.45, 7) is 3.97. The first-order valence-electron chi connectivity index (χ1n) is 5.58. The van der Waals surface area contributed by atoms with Gasteiger partial charge in [-0.1, -0.05) is 0 Å². The molecule has 18 heavy (non-hydrogen) atoms. The molecule has 0 unspecified atom stereocenters. The van der Waals surface area contributed by atoms with Crippen molar-refractivity contribution in [3.05, 3.63) is 0 Å². The molecule has 0 aromatic carbocycles. The molecule has 108 valence electrons. The molecule has 1 heterocycles. The predicted octanol–water partition coefficient (Wildman–Crippen LogP) is -1.61. The van der Waals surface area contributed by atoms with Gasteiger partial charge >= 0.3 is 0 Å². The zero-order chi connectivity index (χ0) is 14.1. The highest BCUT2D eigenvalue weighted by atomic mass is 32.2. The van der Waals surface area contributed by atoms with E-state index in [-0.39, 0.29) is 32.2 Å². The highest BCUT2D eigenvalue weighted by Gasteiger charge is 2.33. The van der Waals surface area contributed by atoms with Crippen LogP contribution >= 0.6 is 0 Å². The third-order valence-corrected chi connectivity index (χ3v) is 6.23. The normalized spacial score (nSPS) is 20.8. The summed E-state index contributed by atoms with van der Waals surface area (Å²) in [5, 5.41) is 4.99. The number of piperazine rings is 1. The lowest BCUT2D eigenvalue weighted by atomic mass is 10.4. The Hall–Kier alpha value is -0.260. The van der Waals surface area contributed by atoms with Crippen molar-refractivity contribution < 1.29 is 16.8 Å². The first kappa shape index (κ1) is 15.8. The summed E-state index contributed by atoms with van der Waals surface area (Å²) in [6.07, 6.45) is 0. The number of hydrogen-bond donors (Lipinski definition) is 1. The summed E-state index contributed by atoms with van der Waals surface area (Å²) in [5.74, 6) is 0. The largest absolute Gasteiger partial charge is 0.282 e. The van der Waals surface area contributed by atoms with Crippen molar-refractivity contribution in [1.29, 1.82) is 0 Å². The lowest BCUT2D eigenvalue weighted by Gasteiger charge is -2.35. The molecular weight excluding hydrogens is 280 g/mol. The summed E-state index contributed by atoms with van der Waals surface area (Å²) in [7, 11) is -5.75. The van der Waals surface area contributed by atoms with E-state index in [2.05, 4.69) is 0 Å². The summed E-state index contributed by atoms with van der Waals surface area (Å²) < 4.78 is 50.1. The number of nitrogens with zero attached hydrogens (tertiary/aromatic N) is 3. The van der Waals surface area contributed by atoms with Crippen molar-refractivity contribution in [3.63, 3.8) is 0 Å². The van der Waals surface area contributed by atoms with Crippen molar-refractivity contribution >= 4 is 20.4 Å². The summed E-state index contributed by atoms with van der Waals surface area (Å²) in [6, 6.07) is -0.147. The standard InChI is InChI=1S/C8H20N4O4S2/c1-8(2)10(3)18(15,16)12-6-4-11(5-7-12)17(9,13)14/h8H,4-7H2,1-3H3,(H2,9,13,14). The Morgan fingerprint density at radius 1 is 1.00 bits per heavy atom. The van der Waals surface area contributed by atoms with Gasteiger partial charge in [-0.25, -0.2) is 5.14 Å². The van der Waals surface area contributed by atoms with Crippen LogP contribution in [-0.4, -0.2) is 69.0 Å². The lowest BCUT2D eigenvalue weighted by Crippen LogP contribution is -2.55. The van der Waals surface area contributed by atoms with Crippen molar-refractivity contribution in [1.82, 2.24) is 12.9 Å². The molecule has 1 saturated heterocycles. The third kappa shape index (κ3) is 3.39. The van der Waals surface area contributed by atoms with Gasteiger partial charge in [-0.05, 0) is 13.8 Å². The van der Waals surface area contributed by atoms with Crippen LogP contribution in [-0.2, 0) is 20.4 Å². The van der Waals surface area contributed by atoms with E-state index in [4.69, 9.17) is 5.14 Å². The van der Waals surface area contributed by atoms with E-state index in [0.29, 0.717) is 0 Å². The van der Waals surface area contributed by atoms with Crippen LogP contribution in [0.2, 0.25) is 0 Å². The van der Waals surface area contributed by atoms with Crippen LogP contribution in [0.1, 0.15) is 13.8 Å². The molecule has 2 N–H and O–H groups in total. The molecule has 1 rings (SSSR count). The molecule has 0 saturated carbocycles. The van der Waals surface area contributed by atoms with Crippen LogP contribution in [0.5, 0.6) is 0 Å². The molecule has 1 fully saturated rings. The summed E-state index contributed by atoms with van der Waals surface area (Å²) in [4.78, 5) is 0. The monoisotopic (exact) mass is 300 g/mol. The van der Waals surface area contributed by atoms with Crippen LogP contribution in [0.3, 0.4) is 0 Å². The molecule has 10 heteroatoms. The second-order valence-electron chi connectivity index (χ2n) is 4.46. The van der Waals surface area contributed by atoms with Gasteiger partial charge < -0.3 is 0 Å². The van der Waals surface area contributed by atoms with E-state index in [1.165, 1.54) is 15.7 Å². The highest BCUT2D eigenvalue weighted by Crippen LogP contribution is 2.13. The Kier molecular flexibility index (Phi) is 4.73. The van der Waals surface area contributed by atoms with Crippen LogP contribution in [0.4, 0.5) is 0 Å². The molecule has 0 spiro atoms. The van der Waals surface area contributed by atoms with Crippen LogP contribution in [0.15, 0.2) is 0 Å². The fourth-order valence-corrected chi connectivity index (χ4v) is 3.80. The maximum absolute atomic E-state index is 12.1. The second-order valence-corrected chi connectivity index (χ2v) is 8.00. The molecule has 0 bridgehead atoms. The van der Waals surface area contributed by atoms with Gasteiger partial charge in [0.2, 0.25) is 0 Å². The lowest BCUT2D eigenvalue weighted by molar-refractivity contribution is 0.253. The minimum Gasteiger partial charge on any atom is -0.216 e. The fourth-order valence-electron chi connectivity index (χ4n) is 1.60. The van der Waals surface area contributed by atoms with Crippen molar-refractivity contribution in [2.45, 2.75) is 19.9 Å². The van der Waals surface area contributed by atoms with Gasteiger partial charge in [-0.3, -0.25) is 0 Å². The van der Waals surface area contributed by atoms with E-state index in [0.717, 1.165) is 4.31 Å². The molecule has 0 aliphatic carbocycles. The zero-order valence-electron chi connectivity index (χ0n) is 10.8. The minimum absolute atomic E-state index is 0.0873. The number of rotatable bonds is 4. The van der Waals surface area contributed by atoms with Gasteiger partial charge in [-0.2, -0.15) is 29.8 Å². The quantitative estimate of drug-likeness (QED) is 0.674. The van der Waals surface area contributed by atoms with Gasteiger partial charge in [0, 0.05) is 39.3 Å². The van der Waals surface area contributed by atoms with Gasteiger partial charge in [0.15, 0.2) is 0 Å². The van der Waals surface area contributed by atoms with Crippen LogP contribution < -0.4 is 5.14 Å². The van der Waals surface area contributed by atoms with Gasteiger partial charge in [-0.15, -0.1) is 0 Å². The molecular formula is C8H20N4O4S2. The first-order chi connectivity index (χ1) is 8.06. The van der Waals surface area contributed by atoms with Gasteiger partial charge in [0.1, 0.15) is 0 Å². The van der Waals surface area contributed by atoms with E-state index < -0.39 is 20.4 Å². The summed E-state index contributed by atoms with van der Waals surface area (Å²) >= 11 is 0. The van der Waals surface area contributed by atoms with Crippen molar-refractivity contribution in [3.8, 4) is 0 Å². The number of nitrogens with two attached hydrogens (primary N) is 1. The average Bonchev–Trinajstić information content (AvgIpc) is 2.26. The average molecular weight is 300 g/mol. The molecule has 0 radical (unpaired) electrons. The molecule has 0 atom stereocenters. The van der Waals surface area contributed by atoms with Crippen molar-refractivity contribution in [2.75, 3.05) is 33.2 Å². The topological polar surface area (TPSA) is 104 Å². The first-order valence-corrected chi connectivity index (χ1v) is 8.48. The van der Waals surface area contributed by atoms with E-state index >= 15 is 0 Å². The van der Waals surface area contributed by atoms with Gasteiger partial charge in [0.05, 0.1) is 0 Å². The number of hydrogen-bond acceptors (Lipinski definition) is 4. The van der Waals surface area contributed by atoms with E-state index in [9.17, 15) is 16.8 Å². The predicted molar refractivity (Wildman–Crippen MR) is 68.1 cm³/mol.